The Morgan fingerprint density at radius 1 is 1.25 bits per heavy atom. The Morgan fingerprint density at radius 2 is 2.07 bits per heavy atom. The van der Waals surface area contributed by atoms with Crippen molar-refractivity contribution in [2.45, 2.75) is 6.42 Å². The number of rotatable bonds is 5. The second kappa shape index (κ2) is 9.05. The first-order valence-electron chi connectivity index (χ1n) is 8.07. The Hall–Kier alpha value is -2.62. The van der Waals surface area contributed by atoms with E-state index >= 15 is 0 Å². The molecule has 2 heterocycles. The molecule has 1 aromatic carbocycles. The van der Waals surface area contributed by atoms with Gasteiger partial charge in [0, 0.05) is 29.6 Å². The van der Waals surface area contributed by atoms with Crippen molar-refractivity contribution in [1.29, 1.82) is 0 Å². The molecule has 0 spiro atoms. The van der Waals surface area contributed by atoms with Gasteiger partial charge in [-0.15, -0.1) is 0 Å². The van der Waals surface area contributed by atoms with Crippen molar-refractivity contribution in [3.05, 3.63) is 63.9 Å². The second-order valence-electron chi connectivity index (χ2n) is 5.61. The van der Waals surface area contributed by atoms with E-state index in [0.29, 0.717) is 25.6 Å². The van der Waals surface area contributed by atoms with E-state index in [1.807, 2.05) is 0 Å². The average Bonchev–Trinajstić information content (AvgIpc) is 3.27. The first-order chi connectivity index (χ1) is 13.4. The van der Waals surface area contributed by atoms with Gasteiger partial charge >= 0.3 is 0 Å². The van der Waals surface area contributed by atoms with E-state index in [4.69, 9.17) is 28.2 Å². The number of benzene rings is 1. The Balaban J connectivity index is 1.49. The van der Waals surface area contributed by atoms with E-state index in [2.05, 4.69) is 10.9 Å². The van der Waals surface area contributed by atoms with Crippen LogP contribution in [0.3, 0.4) is 0 Å². The van der Waals surface area contributed by atoms with Gasteiger partial charge in [-0.2, -0.15) is 0 Å². The molecule has 7 nitrogen and oxygen atoms in total. The predicted octanol–water partition coefficient (Wildman–Crippen LogP) is 2.99. The molecule has 0 unspecified atom stereocenters. The molecule has 0 saturated carbocycles. The van der Waals surface area contributed by atoms with Crippen LogP contribution in [0.15, 0.2) is 52.0 Å². The van der Waals surface area contributed by atoms with Crippen LogP contribution in [-0.4, -0.2) is 33.5 Å². The number of thioether (sulfide) groups is 1. The summed E-state index contributed by atoms with van der Waals surface area (Å²) in [5.74, 6) is -0.702. The molecule has 3 amide bonds. The van der Waals surface area contributed by atoms with Gasteiger partial charge in [-0.05, 0) is 30.3 Å². The fourth-order valence-electron chi connectivity index (χ4n) is 2.30. The molecule has 0 bridgehead atoms. The summed E-state index contributed by atoms with van der Waals surface area (Å²) >= 11 is 12.2. The molecule has 0 aliphatic carbocycles. The molecule has 28 heavy (non-hydrogen) atoms. The highest BCUT2D eigenvalue weighted by atomic mass is 35.5. The van der Waals surface area contributed by atoms with Crippen LogP contribution in [0.1, 0.15) is 22.5 Å². The van der Waals surface area contributed by atoms with Crippen LogP contribution >= 0.6 is 35.6 Å². The van der Waals surface area contributed by atoms with Gasteiger partial charge in [0.25, 0.3) is 11.8 Å². The fourth-order valence-corrected chi connectivity index (χ4v) is 3.78. The predicted molar refractivity (Wildman–Crippen MR) is 110 cm³/mol. The molecule has 0 atom stereocenters. The zero-order valence-electron chi connectivity index (χ0n) is 14.3. The number of amides is 3. The molecular weight excluding hydrogens is 422 g/mol. The number of hydrazine groups is 1. The van der Waals surface area contributed by atoms with Crippen molar-refractivity contribution in [3.8, 4) is 0 Å². The number of nitrogens with zero attached hydrogens (tertiary/aromatic N) is 1. The van der Waals surface area contributed by atoms with Gasteiger partial charge < -0.3 is 4.42 Å². The molecule has 1 saturated heterocycles. The topological polar surface area (TPSA) is 91.7 Å². The highest BCUT2D eigenvalue weighted by Gasteiger charge is 2.32. The maximum absolute atomic E-state index is 12.4. The number of nitrogens with one attached hydrogen (secondary N) is 2. The minimum absolute atomic E-state index is 0.0315. The number of furan rings is 1. The molecule has 10 heteroatoms. The summed E-state index contributed by atoms with van der Waals surface area (Å²) in [7, 11) is 0. The Labute approximate surface area is 175 Å². The van der Waals surface area contributed by atoms with E-state index in [1.54, 1.807) is 36.4 Å². The van der Waals surface area contributed by atoms with Gasteiger partial charge in [-0.25, -0.2) is 0 Å². The highest BCUT2D eigenvalue weighted by Crippen LogP contribution is 2.32. The normalized spacial score (nSPS) is 15.2. The van der Waals surface area contributed by atoms with Crippen LogP contribution in [0, 0.1) is 0 Å². The zero-order chi connectivity index (χ0) is 20.1. The summed E-state index contributed by atoms with van der Waals surface area (Å²) in [5, 5.41) is 0.413. The van der Waals surface area contributed by atoms with E-state index in [9.17, 15) is 14.4 Å². The minimum atomic E-state index is -0.497. The molecule has 144 valence electrons. The van der Waals surface area contributed by atoms with Crippen LogP contribution in [0.4, 0.5) is 0 Å². The van der Waals surface area contributed by atoms with Crippen molar-refractivity contribution in [2.24, 2.45) is 0 Å². The van der Waals surface area contributed by atoms with Crippen LogP contribution in [-0.2, 0) is 9.59 Å². The molecule has 2 N–H and O–H groups in total. The van der Waals surface area contributed by atoms with E-state index in [1.165, 1.54) is 17.2 Å². The van der Waals surface area contributed by atoms with Gasteiger partial charge in [-0.3, -0.25) is 30.1 Å². The van der Waals surface area contributed by atoms with Crippen molar-refractivity contribution in [1.82, 2.24) is 15.8 Å². The lowest BCUT2D eigenvalue weighted by molar-refractivity contribution is -0.124. The first kappa shape index (κ1) is 20.1. The molecule has 0 radical (unpaired) electrons. The van der Waals surface area contributed by atoms with Crippen molar-refractivity contribution in [3.63, 3.8) is 0 Å². The van der Waals surface area contributed by atoms with Gasteiger partial charge in [0.05, 0.1) is 11.2 Å². The second-order valence-corrected chi connectivity index (χ2v) is 7.72. The molecule has 1 aliphatic heterocycles. The van der Waals surface area contributed by atoms with E-state index in [0.717, 1.165) is 11.8 Å². The smallest absolute Gasteiger partial charge is 0.269 e. The summed E-state index contributed by atoms with van der Waals surface area (Å²) < 4.78 is 5.55. The number of halogens is 1. The molecule has 1 fully saturated rings. The Kier molecular flexibility index (Phi) is 6.50. The SMILES string of the molecule is O=C(CCN1C(=O)C(=Cc2ccco2)SC1=S)NNC(=O)c1cccc(Cl)c1. The fraction of sp³-hybridized carbons (Fsp3) is 0.111. The lowest BCUT2D eigenvalue weighted by Gasteiger charge is -2.14. The number of carbonyl (C=O) groups is 3. The summed E-state index contributed by atoms with van der Waals surface area (Å²) in [4.78, 5) is 38.2. The Bertz CT molecular complexity index is 960. The molecular formula is C18H14ClN3O4S2. The summed E-state index contributed by atoms with van der Waals surface area (Å²) in [6, 6.07) is 9.76. The summed E-state index contributed by atoms with van der Waals surface area (Å²) in [6.07, 6.45) is 3.08. The Morgan fingerprint density at radius 3 is 2.79 bits per heavy atom. The number of hydrogen-bond acceptors (Lipinski definition) is 6. The third-order valence-corrected chi connectivity index (χ3v) is 5.27. The number of thiocarbonyl (C=S) groups is 1. The highest BCUT2D eigenvalue weighted by molar-refractivity contribution is 8.26. The maximum Gasteiger partial charge on any atom is 0.269 e. The average molecular weight is 436 g/mol. The van der Waals surface area contributed by atoms with Crippen molar-refractivity contribution >= 4 is 63.7 Å². The summed E-state index contributed by atoms with van der Waals surface area (Å²) in [5.41, 5.74) is 4.91. The molecule has 2 aromatic rings. The molecule has 3 rings (SSSR count). The van der Waals surface area contributed by atoms with Gasteiger partial charge in [0.2, 0.25) is 5.91 Å². The quantitative estimate of drug-likeness (QED) is 0.426. The van der Waals surface area contributed by atoms with E-state index < -0.39 is 11.8 Å². The molecule has 1 aromatic heterocycles. The monoisotopic (exact) mass is 435 g/mol. The van der Waals surface area contributed by atoms with Crippen LogP contribution < -0.4 is 10.9 Å². The van der Waals surface area contributed by atoms with Gasteiger partial charge in [0.15, 0.2) is 0 Å². The lowest BCUT2D eigenvalue weighted by Crippen LogP contribution is -2.43. The van der Waals surface area contributed by atoms with Crippen LogP contribution in [0.2, 0.25) is 5.02 Å². The zero-order valence-corrected chi connectivity index (χ0v) is 16.7. The minimum Gasteiger partial charge on any atom is -0.465 e. The maximum atomic E-state index is 12.4. The van der Waals surface area contributed by atoms with Crippen molar-refractivity contribution < 1.29 is 18.8 Å². The van der Waals surface area contributed by atoms with Crippen molar-refractivity contribution in [2.75, 3.05) is 6.54 Å². The molecule has 1 aliphatic rings. The number of hydrogen-bond donors (Lipinski definition) is 2. The van der Waals surface area contributed by atoms with Crippen LogP contribution in [0.5, 0.6) is 0 Å². The summed E-state index contributed by atoms with van der Waals surface area (Å²) in [6.45, 7) is 0.0963. The van der Waals surface area contributed by atoms with Crippen LogP contribution in [0.25, 0.3) is 6.08 Å². The lowest BCUT2D eigenvalue weighted by atomic mass is 10.2. The van der Waals surface area contributed by atoms with Gasteiger partial charge in [-0.1, -0.05) is 41.6 Å². The first-order valence-corrected chi connectivity index (χ1v) is 9.68. The largest absolute Gasteiger partial charge is 0.465 e. The standard InChI is InChI=1S/C18H14ClN3O4S2/c19-12-4-1-3-11(9-12)16(24)21-20-15(23)6-7-22-17(25)14(28-18(22)27)10-13-5-2-8-26-13/h1-5,8-10H,6-7H2,(H,20,23)(H,21,24). The third kappa shape index (κ3) is 5.00. The van der Waals surface area contributed by atoms with Gasteiger partial charge in [0.1, 0.15) is 10.1 Å². The van der Waals surface area contributed by atoms with E-state index in [-0.39, 0.29) is 18.9 Å². The third-order valence-electron chi connectivity index (χ3n) is 3.65. The number of carbonyl (C=O) groups excluding carboxylic acids is 3.